The van der Waals surface area contributed by atoms with Gasteiger partial charge in [-0.1, -0.05) is 0 Å². The Labute approximate surface area is 224 Å². The second kappa shape index (κ2) is 10.1. The number of hydrogen-bond donors (Lipinski definition) is 0. The largest absolute Gasteiger partial charge is 0.493 e. The van der Waals surface area contributed by atoms with Gasteiger partial charge >= 0.3 is 0 Å². The van der Waals surface area contributed by atoms with Crippen molar-refractivity contribution in [3.63, 3.8) is 0 Å². The van der Waals surface area contributed by atoms with Crippen molar-refractivity contribution in [3.8, 4) is 27.6 Å². The lowest BCUT2D eigenvalue weighted by Crippen LogP contribution is -2.51. The predicted molar refractivity (Wildman–Crippen MR) is 142 cm³/mol. The van der Waals surface area contributed by atoms with Gasteiger partial charge in [0.15, 0.2) is 23.1 Å². The molecule has 9 heteroatoms. The number of piperidine rings is 1. The monoisotopic (exact) mass is 538 g/mol. The van der Waals surface area contributed by atoms with Crippen LogP contribution in [0.1, 0.15) is 12.8 Å². The van der Waals surface area contributed by atoms with E-state index in [-0.39, 0.29) is 5.56 Å². The van der Waals surface area contributed by atoms with E-state index in [1.165, 1.54) is 24.2 Å². The van der Waals surface area contributed by atoms with Crippen LogP contribution >= 0.6 is 11.3 Å². The van der Waals surface area contributed by atoms with Crippen LogP contribution in [0, 0.1) is 17.0 Å². The number of benzene rings is 2. The first-order valence-electron chi connectivity index (χ1n) is 12.4. The summed E-state index contributed by atoms with van der Waals surface area (Å²) in [6.45, 7) is 5.47. The molecule has 0 atom stereocenters. The summed E-state index contributed by atoms with van der Waals surface area (Å²) < 4.78 is 19.3. The van der Waals surface area contributed by atoms with Crippen molar-refractivity contribution in [3.05, 3.63) is 70.2 Å². The van der Waals surface area contributed by atoms with Gasteiger partial charge in [-0.2, -0.15) is 0 Å². The van der Waals surface area contributed by atoms with E-state index in [0.29, 0.717) is 39.4 Å². The van der Waals surface area contributed by atoms with E-state index in [0.717, 1.165) is 48.3 Å². The van der Waals surface area contributed by atoms with Gasteiger partial charge in [-0.15, -0.1) is 11.3 Å². The second-order valence-electron chi connectivity index (χ2n) is 9.79. The maximum Gasteiger partial charge on any atom is 0.275 e. The minimum atomic E-state index is -0.114. The van der Waals surface area contributed by atoms with Crippen LogP contribution in [-0.2, 0) is 4.74 Å². The van der Waals surface area contributed by atoms with Crippen molar-refractivity contribution >= 4 is 21.6 Å². The zero-order valence-electron chi connectivity index (χ0n) is 20.6. The predicted octanol–water partition coefficient (Wildman–Crippen LogP) is 4.31. The molecule has 2 fully saturated rings. The van der Waals surface area contributed by atoms with Gasteiger partial charge in [-0.25, -0.2) is 4.98 Å². The zero-order valence-corrected chi connectivity index (χ0v) is 22.3. The lowest BCUT2D eigenvalue weighted by atomic mass is 9.77. The quantitative estimate of drug-likeness (QED) is 0.349. The Morgan fingerprint density at radius 2 is 1.86 bits per heavy atom. The molecule has 4 aromatic rings. The molecular formula is C28H29ClN3O4S+. The number of halogens is 1. The van der Waals surface area contributed by atoms with Crippen LogP contribution in [0.15, 0.2) is 59.7 Å². The zero-order chi connectivity index (χ0) is 25.4. The smallest absolute Gasteiger partial charge is 0.275 e. The summed E-state index contributed by atoms with van der Waals surface area (Å²) >= 11 is 6.62. The minimum absolute atomic E-state index is 0.114. The molecule has 0 radical (unpaired) electrons. The summed E-state index contributed by atoms with van der Waals surface area (Å²) in [6, 6.07) is 15.2. The van der Waals surface area contributed by atoms with Crippen LogP contribution in [0.5, 0.6) is 11.5 Å². The maximum absolute atomic E-state index is 13.4. The summed E-state index contributed by atoms with van der Waals surface area (Å²) in [5.74, 6) is 1.25. The molecule has 0 amide bonds. The molecular weight excluding hydrogens is 510 g/mol. The maximum atomic E-state index is 13.4. The SMILES string of the molecule is COc1cc(-n2cnc3cc(-c4ccc([ClH+])cc4)sc3c2=O)ccc1OCCN1CCC2(CC1)COC2. The number of rotatable bonds is 7. The van der Waals surface area contributed by atoms with Crippen molar-refractivity contribution in [2.45, 2.75) is 12.8 Å². The van der Waals surface area contributed by atoms with Crippen LogP contribution in [0.2, 0.25) is 5.02 Å². The van der Waals surface area contributed by atoms with Gasteiger partial charge in [-0.05, 0) is 61.8 Å². The standard InChI is InChI=1S/C28H29ClN3O4S/c1-34-24-14-21(6-7-23(24)36-13-12-31-10-8-28(9-11-31)16-35-17-28)32-18-30-22-15-25(37-26(22)27(32)33)19-2-4-20(29)5-3-19/h2-7,14-15,18,29H,8-13,16-17H2,1H3/q+1. The third-order valence-corrected chi connectivity index (χ3v) is 8.83. The lowest BCUT2D eigenvalue weighted by Gasteiger charge is -2.47. The molecule has 0 N–H and O–H groups in total. The molecule has 2 aromatic heterocycles. The Balaban J connectivity index is 1.17. The Bertz CT molecular complexity index is 1470. The molecule has 4 heterocycles. The fourth-order valence-electron chi connectivity index (χ4n) is 5.00. The van der Waals surface area contributed by atoms with E-state index in [2.05, 4.69) is 9.88 Å². The van der Waals surface area contributed by atoms with E-state index in [1.54, 1.807) is 18.0 Å². The average Bonchev–Trinajstić information content (AvgIpc) is 3.34. The molecule has 37 heavy (non-hydrogen) atoms. The van der Waals surface area contributed by atoms with Crippen LogP contribution in [0.3, 0.4) is 0 Å². The van der Waals surface area contributed by atoms with Crippen molar-refractivity contribution in [2.24, 2.45) is 5.41 Å². The highest BCUT2D eigenvalue weighted by Crippen LogP contribution is 2.38. The summed E-state index contributed by atoms with van der Waals surface area (Å²) in [7, 11) is 1.61. The Morgan fingerprint density at radius 1 is 1.08 bits per heavy atom. The number of aromatic nitrogens is 2. The van der Waals surface area contributed by atoms with E-state index in [9.17, 15) is 4.79 Å². The number of methoxy groups -OCH3 is 1. The second-order valence-corrected chi connectivity index (χ2v) is 11.3. The molecule has 7 nitrogen and oxygen atoms in total. The first-order chi connectivity index (χ1) is 18.0. The molecule has 192 valence electrons. The van der Waals surface area contributed by atoms with E-state index >= 15 is 0 Å². The van der Waals surface area contributed by atoms with Crippen molar-refractivity contribution in [1.29, 1.82) is 0 Å². The van der Waals surface area contributed by atoms with Crippen LogP contribution < -0.4 is 15.0 Å². The van der Waals surface area contributed by atoms with Gasteiger partial charge in [0.2, 0.25) is 5.02 Å². The molecule has 1 spiro atoms. The fraction of sp³-hybridized carbons (Fsp3) is 0.357. The van der Waals surface area contributed by atoms with Crippen molar-refractivity contribution in [2.75, 3.05) is 46.6 Å². The first kappa shape index (κ1) is 24.4. The Hall–Kier alpha value is -2.91. The Kier molecular flexibility index (Phi) is 6.67. The number of ether oxygens (including phenoxy) is 3. The van der Waals surface area contributed by atoms with Gasteiger partial charge in [0, 0.05) is 35.0 Å². The highest BCUT2D eigenvalue weighted by atomic mass is 35.5. The number of thiophene rings is 1. The van der Waals surface area contributed by atoms with Crippen molar-refractivity contribution in [1.82, 2.24) is 14.5 Å². The van der Waals surface area contributed by atoms with Crippen LogP contribution in [0.4, 0.5) is 0 Å². The molecule has 0 saturated carbocycles. The molecule has 2 aliphatic heterocycles. The van der Waals surface area contributed by atoms with Gasteiger partial charge in [0.1, 0.15) is 17.6 Å². The van der Waals surface area contributed by atoms with E-state index in [4.69, 9.17) is 25.8 Å². The minimum Gasteiger partial charge on any atom is -0.493 e. The highest BCUT2D eigenvalue weighted by molar-refractivity contribution is 7.22. The summed E-state index contributed by atoms with van der Waals surface area (Å²) in [5, 5.41) is 0.788. The molecule has 2 saturated heterocycles. The molecule has 0 bridgehead atoms. The molecule has 0 unspecified atom stereocenters. The molecule has 0 aliphatic carbocycles. The Morgan fingerprint density at radius 3 is 2.57 bits per heavy atom. The highest BCUT2D eigenvalue weighted by Gasteiger charge is 2.40. The summed E-state index contributed by atoms with van der Waals surface area (Å²) in [5.41, 5.74) is 2.71. The fourth-order valence-corrected chi connectivity index (χ4v) is 6.18. The van der Waals surface area contributed by atoms with E-state index < -0.39 is 0 Å². The van der Waals surface area contributed by atoms with Gasteiger partial charge in [-0.3, -0.25) is 14.3 Å². The molecule has 6 rings (SSSR count). The number of fused-ring (bicyclic) bond motifs is 1. The lowest BCUT2D eigenvalue weighted by molar-refractivity contribution is -0.288. The van der Waals surface area contributed by atoms with Gasteiger partial charge < -0.3 is 14.2 Å². The number of nitrogens with zero attached hydrogens (tertiary/aromatic N) is 3. The number of hydrogen-bond acceptors (Lipinski definition) is 7. The topological polar surface area (TPSA) is 65.8 Å². The van der Waals surface area contributed by atoms with E-state index in [1.807, 2.05) is 48.5 Å². The molecule has 2 aliphatic rings. The normalized spacial score (nSPS) is 17.1. The summed E-state index contributed by atoms with van der Waals surface area (Å²) in [6.07, 6.45) is 3.97. The number of likely N-dealkylation sites (tertiary alicyclic amines) is 1. The van der Waals surface area contributed by atoms with Gasteiger partial charge in [0.05, 0.1) is 31.5 Å². The summed E-state index contributed by atoms with van der Waals surface area (Å²) in [4.78, 5) is 21.3. The first-order valence-corrected chi connectivity index (χ1v) is 13.7. The van der Waals surface area contributed by atoms with Gasteiger partial charge in [0.25, 0.3) is 5.56 Å². The van der Waals surface area contributed by atoms with Crippen molar-refractivity contribution < 1.29 is 25.8 Å². The van der Waals surface area contributed by atoms with Crippen LogP contribution in [-0.4, -0.2) is 61.0 Å². The average molecular weight is 539 g/mol. The molecule has 2 aromatic carbocycles. The van der Waals surface area contributed by atoms with Crippen LogP contribution in [0.25, 0.3) is 26.3 Å². The third kappa shape index (κ3) is 4.86. The third-order valence-electron chi connectivity index (χ3n) is 7.40.